The predicted octanol–water partition coefficient (Wildman–Crippen LogP) is 4.00. The van der Waals surface area contributed by atoms with Gasteiger partial charge in [-0.15, -0.1) is 0 Å². The maximum absolute atomic E-state index is 15.0. The molecule has 3 aromatic heterocycles. The van der Waals surface area contributed by atoms with Crippen LogP contribution in [-0.4, -0.2) is 35.3 Å². The molecule has 0 aliphatic carbocycles. The SMILES string of the molecule is N#Cc1cc(Cn2c(Nc3cc4cn(CC(F)F)nc4cc3F)nc(=O)n(-c3cncc(Cl)c3)c2=O)ccc1F. The topological polar surface area (TPSA) is 123 Å². The quantitative estimate of drug-likeness (QED) is 0.293. The molecule has 0 radical (unpaired) electrons. The fourth-order valence-corrected chi connectivity index (χ4v) is 4.13. The van der Waals surface area contributed by atoms with Crippen LogP contribution >= 0.6 is 11.6 Å². The van der Waals surface area contributed by atoms with Crippen LogP contribution in [0.1, 0.15) is 11.1 Å². The second-order valence-electron chi connectivity index (χ2n) is 8.47. The van der Waals surface area contributed by atoms with E-state index in [1.165, 1.54) is 42.9 Å². The van der Waals surface area contributed by atoms with Gasteiger partial charge in [-0.25, -0.2) is 31.7 Å². The van der Waals surface area contributed by atoms with Gasteiger partial charge in [0.05, 0.1) is 40.2 Å². The van der Waals surface area contributed by atoms with E-state index in [0.717, 1.165) is 21.4 Å². The Bertz CT molecular complexity index is 1930. The maximum Gasteiger partial charge on any atom is 0.359 e. The largest absolute Gasteiger partial charge is 0.359 e. The Morgan fingerprint density at radius 1 is 1.07 bits per heavy atom. The summed E-state index contributed by atoms with van der Waals surface area (Å²) in [7, 11) is 0. The number of alkyl halides is 2. The van der Waals surface area contributed by atoms with Gasteiger partial charge in [0.25, 0.3) is 6.43 Å². The molecule has 0 unspecified atom stereocenters. The van der Waals surface area contributed by atoms with Crippen molar-refractivity contribution < 1.29 is 17.6 Å². The molecule has 1 N–H and O–H groups in total. The molecule has 0 fully saturated rings. The highest BCUT2D eigenvalue weighted by Gasteiger charge is 2.19. The second kappa shape index (κ2) is 10.6. The number of aromatic nitrogens is 6. The first kappa shape index (κ1) is 26.6. The molecule has 5 rings (SSSR count). The number of nitrogens with zero attached hydrogens (tertiary/aromatic N) is 7. The van der Waals surface area contributed by atoms with Gasteiger partial charge in [0.2, 0.25) is 5.95 Å². The minimum absolute atomic E-state index is 0.00571. The Balaban J connectivity index is 1.65. The summed E-state index contributed by atoms with van der Waals surface area (Å²) in [6.45, 7) is -1.01. The number of nitrogens with one attached hydrogen (secondary N) is 1. The first-order chi connectivity index (χ1) is 19.1. The minimum atomic E-state index is -2.68. The molecule has 0 bridgehead atoms. The van der Waals surface area contributed by atoms with Crippen molar-refractivity contribution in [1.82, 2.24) is 28.9 Å². The summed E-state index contributed by atoms with van der Waals surface area (Å²) in [5.74, 6) is -2.03. The van der Waals surface area contributed by atoms with Crippen LogP contribution in [-0.2, 0) is 13.1 Å². The normalized spacial score (nSPS) is 11.2. The highest BCUT2D eigenvalue weighted by atomic mass is 35.5. The van der Waals surface area contributed by atoms with E-state index in [1.807, 2.05) is 0 Å². The Labute approximate surface area is 226 Å². The van der Waals surface area contributed by atoms with Gasteiger partial charge in [-0.05, 0) is 29.8 Å². The molecule has 0 spiro atoms. The molecule has 3 heterocycles. The highest BCUT2D eigenvalue weighted by Crippen LogP contribution is 2.25. The maximum atomic E-state index is 15.0. The van der Waals surface area contributed by atoms with E-state index < -0.39 is 36.0 Å². The number of nitriles is 1. The lowest BCUT2D eigenvalue weighted by Crippen LogP contribution is -2.41. The Morgan fingerprint density at radius 2 is 1.88 bits per heavy atom. The van der Waals surface area contributed by atoms with Gasteiger partial charge in [-0.2, -0.15) is 15.3 Å². The van der Waals surface area contributed by atoms with E-state index in [-0.39, 0.29) is 40.0 Å². The third-order valence-electron chi connectivity index (χ3n) is 5.72. The van der Waals surface area contributed by atoms with Gasteiger partial charge < -0.3 is 5.32 Å². The second-order valence-corrected chi connectivity index (χ2v) is 8.90. The monoisotopic (exact) mass is 570 g/mol. The summed E-state index contributed by atoms with van der Waals surface area (Å²) in [6, 6.07) is 8.86. The first-order valence-electron chi connectivity index (χ1n) is 11.4. The highest BCUT2D eigenvalue weighted by molar-refractivity contribution is 6.30. The van der Waals surface area contributed by atoms with Crippen molar-refractivity contribution in [2.24, 2.45) is 0 Å². The van der Waals surface area contributed by atoms with Crippen molar-refractivity contribution in [2.75, 3.05) is 5.32 Å². The van der Waals surface area contributed by atoms with E-state index in [0.29, 0.717) is 15.5 Å². The number of rotatable bonds is 7. The number of hydrogen-bond acceptors (Lipinski definition) is 7. The van der Waals surface area contributed by atoms with E-state index in [4.69, 9.17) is 11.6 Å². The van der Waals surface area contributed by atoms with Crippen molar-refractivity contribution >= 4 is 34.1 Å². The molecule has 5 aromatic rings. The predicted molar refractivity (Wildman–Crippen MR) is 136 cm³/mol. The molecule has 202 valence electrons. The fourth-order valence-electron chi connectivity index (χ4n) is 3.96. The zero-order chi connectivity index (χ0) is 28.6. The molecule has 0 saturated carbocycles. The summed E-state index contributed by atoms with van der Waals surface area (Å²) in [6.07, 6.45) is 1.12. The van der Waals surface area contributed by atoms with E-state index in [1.54, 1.807) is 6.07 Å². The van der Waals surface area contributed by atoms with Crippen LogP contribution < -0.4 is 16.7 Å². The lowest BCUT2D eigenvalue weighted by atomic mass is 10.1. The van der Waals surface area contributed by atoms with Crippen LogP contribution in [0.25, 0.3) is 16.6 Å². The van der Waals surface area contributed by atoms with Crippen LogP contribution in [0.15, 0.2) is 64.6 Å². The lowest BCUT2D eigenvalue weighted by Gasteiger charge is -2.16. The van der Waals surface area contributed by atoms with Gasteiger partial charge in [0.1, 0.15) is 24.2 Å². The van der Waals surface area contributed by atoms with Crippen LogP contribution in [0.5, 0.6) is 0 Å². The molecule has 2 aromatic carbocycles. The van der Waals surface area contributed by atoms with Gasteiger partial charge >= 0.3 is 11.4 Å². The molecule has 40 heavy (non-hydrogen) atoms. The third kappa shape index (κ3) is 5.27. The molecule has 0 saturated heterocycles. The van der Waals surface area contributed by atoms with Gasteiger partial charge in [0.15, 0.2) is 0 Å². The fraction of sp³-hybridized carbons (Fsp3) is 0.120. The van der Waals surface area contributed by atoms with E-state index >= 15 is 4.39 Å². The van der Waals surface area contributed by atoms with Gasteiger partial charge in [-0.3, -0.25) is 14.2 Å². The average molecular weight is 571 g/mol. The number of pyridine rings is 1. The third-order valence-corrected chi connectivity index (χ3v) is 5.93. The Morgan fingerprint density at radius 3 is 2.60 bits per heavy atom. The molecule has 15 heteroatoms. The standard InChI is InChI=1S/C25H15ClF4N8O2/c26-16-5-17(9-32-8-16)38-24(39)34-23(37(25(38)40)10-13-1-2-18(27)14(3-13)7-31)33-21-4-15-11-36(12-22(29)30)35-20(15)6-19(21)28/h1-6,8-9,11,22H,10,12H2,(H,33,34,39). The van der Waals surface area contributed by atoms with Crippen LogP contribution in [0.2, 0.25) is 5.02 Å². The smallest absolute Gasteiger partial charge is 0.323 e. The molecule has 0 aliphatic rings. The number of halogens is 5. The van der Waals surface area contributed by atoms with E-state index in [9.17, 15) is 28.0 Å². The summed E-state index contributed by atoms with van der Waals surface area (Å²) < 4.78 is 57.1. The molecular formula is C25H15ClF4N8O2. The van der Waals surface area contributed by atoms with E-state index in [2.05, 4.69) is 20.4 Å². The molecular weight excluding hydrogens is 556 g/mol. The van der Waals surface area contributed by atoms with Crippen LogP contribution in [0.4, 0.5) is 29.2 Å². The van der Waals surface area contributed by atoms with Gasteiger partial charge in [0, 0.05) is 23.8 Å². The number of benzene rings is 2. The average Bonchev–Trinajstić information content (AvgIpc) is 3.27. The van der Waals surface area contributed by atoms with Crippen molar-refractivity contribution in [3.63, 3.8) is 0 Å². The Hall–Kier alpha value is -5.03. The summed E-state index contributed by atoms with van der Waals surface area (Å²) in [4.78, 5) is 34.4. The van der Waals surface area contributed by atoms with Crippen molar-refractivity contribution in [1.29, 1.82) is 5.26 Å². The van der Waals surface area contributed by atoms with Crippen molar-refractivity contribution in [3.8, 4) is 11.8 Å². The zero-order valence-corrected chi connectivity index (χ0v) is 20.8. The first-order valence-corrected chi connectivity index (χ1v) is 11.8. The molecule has 0 atom stereocenters. The van der Waals surface area contributed by atoms with Crippen molar-refractivity contribution in [3.05, 3.63) is 104 Å². The molecule has 0 amide bonds. The lowest BCUT2D eigenvalue weighted by molar-refractivity contribution is 0.122. The van der Waals surface area contributed by atoms with Gasteiger partial charge in [-0.1, -0.05) is 17.7 Å². The summed E-state index contributed by atoms with van der Waals surface area (Å²) >= 11 is 5.97. The summed E-state index contributed by atoms with van der Waals surface area (Å²) in [5, 5.41) is 16.2. The molecule has 10 nitrogen and oxygen atoms in total. The number of hydrogen-bond donors (Lipinski definition) is 1. The zero-order valence-electron chi connectivity index (χ0n) is 20.0. The van der Waals surface area contributed by atoms with Crippen molar-refractivity contribution in [2.45, 2.75) is 19.5 Å². The number of fused-ring (bicyclic) bond motifs is 1. The number of anilines is 2. The van der Waals surface area contributed by atoms with Crippen LogP contribution in [0, 0.1) is 23.0 Å². The summed E-state index contributed by atoms with van der Waals surface area (Å²) in [5.41, 5.74) is -2.08. The molecule has 0 aliphatic heterocycles. The Kier molecular flexibility index (Phi) is 7.05. The minimum Gasteiger partial charge on any atom is -0.323 e. The van der Waals surface area contributed by atoms with Crippen LogP contribution in [0.3, 0.4) is 0 Å².